The molecular formula is C3H20Al3ClKNaO12S2. The predicted molar refractivity (Wildman–Crippen MR) is 97.2 cm³/mol. The molecule has 23 heavy (non-hydrogen) atoms. The molecule has 0 bridgehead atoms. The first-order valence-corrected chi connectivity index (χ1v) is 6.35. The van der Waals surface area contributed by atoms with Crippen LogP contribution in [-0.2, 0) is 34.9 Å². The molecule has 5 N–H and O–H groups in total. The molecule has 1 unspecified atom stereocenters. The van der Waals surface area contributed by atoms with Gasteiger partial charge in [0.15, 0.2) is 58.2 Å². The van der Waals surface area contributed by atoms with E-state index in [1.807, 2.05) is 0 Å². The van der Waals surface area contributed by atoms with Crippen LogP contribution < -0.4 is 0 Å². The van der Waals surface area contributed by atoms with E-state index >= 15 is 0 Å². The van der Waals surface area contributed by atoms with Gasteiger partial charge in [0.25, 0.3) is 0 Å². The molecule has 0 rings (SSSR count). The van der Waals surface area contributed by atoms with Gasteiger partial charge in [-0.05, 0) is 6.92 Å². The Morgan fingerprint density at radius 1 is 0.957 bits per heavy atom. The monoisotopic (exact) mass is 490 g/mol. The van der Waals surface area contributed by atoms with E-state index in [0.29, 0.717) is 0 Å². The van der Waals surface area contributed by atoms with Gasteiger partial charge in [0, 0.05) is 0 Å². The molecule has 0 heterocycles. The molecule has 0 aromatic heterocycles. The summed E-state index contributed by atoms with van der Waals surface area (Å²) >= 11 is 4.49. The third-order valence-electron chi connectivity index (χ3n) is 0.455. The van der Waals surface area contributed by atoms with E-state index in [9.17, 15) is 4.79 Å². The van der Waals surface area contributed by atoms with Crippen molar-refractivity contribution in [2.45, 2.75) is 13.0 Å². The normalized spacial score (nSPS) is 9.52. The van der Waals surface area contributed by atoms with Crippen LogP contribution in [0.15, 0.2) is 0 Å². The molecule has 0 aliphatic rings. The fourth-order valence-electron chi connectivity index (χ4n) is 0.101. The predicted octanol–water partition coefficient (Wildman–Crippen LogP) is -6.16. The molecule has 0 aliphatic heterocycles. The van der Waals surface area contributed by atoms with E-state index in [4.69, 9.17) is 40.2 Å². The average Bonchev–Trinajstić information content (AvgIpc) is 1.97. The summed E-state index contributed by atoms with van der Waals surface area (Å²) in [6, 6.07) is 0. The van der Waals surface area contributed by atoms with E-state index in [1.54, 1.807) is 0 Å². The number of halogens is 1. The van der Waals surface area contributed by atoms with Crippen molar-refractivity contribution in [3.05, 3.63) is 0 Å². The minimum absolute atomic E-state index is 0. The molecule has 0 saturated carbocycles. The first-order chi connectivity index (χ1) is 7.68. The molecule has 20 heteroatoms. The number of aliphatic hydroxyl groups is 1. The van der Waals surface area contributed by atoms with Gasteiger partial charge in [0.05, 0.1) is 0 Å². The van der Waals surface area contributed by atoms with Crippen molar-refractivity contribution < 1.29 is 54.3 Å². The maximum atomic E-state index is 10.1. The van der Waals surface area contributed by atoms with Crippen molar-refractivity contribution in [2.75, 3.05) is 0 Å². The molecule has 0 aromatic carbocycles. The Labute approximate surface area is 234 Å². The molecule has 0 saturated heterocycles. The van der Waals surface area contributed by atoms with Gasteiger partial charge >= 0.3 is 108 Å². The maximum absolute atomic E-state index is 10.1. The van der Waals surface area contributed by atoms with E-state index in [0.717, 1.165) is 0 Å². The molecule has 1 atom stereocenters. The van der Waals surface area contributed by atoms with Crippen LogP contribution in [0.2, 0.25) is 0 Å². The second-order valence-electron chi connectivity index (χ2n) is 2.04. The number of hydrogen-bond donors (Lipinski definition) is 5. The third kappa shape index (κ3) is 126. The first-order valence-electron chi connectivity index (χ1n) is 3.25. The van der Waals surface area contributed by atoms with Crippen LogP contribution in [-0.4, -0.2) is 185 Å². The summed E-state index contributed by atoms with van der Waals surface area (Å²) in [6.45, 7) is 1.23. The summed E-state index contributed by atoms with van der Waals surface area (Å²) in [5.74, 6) is -0.917. The van der Waals surface area contributed by atoms with Crippen molar-refractivity contribution in [1.82, 2.24) is 0 Å². The zero-order valence-corrected chi connectivity index (χ0v) is 10.8. The molecule has 0 aliphatic carbocycles. The number of carbonyl (C=O) groups excluding carboxylic acids is 1. The van der Waals surface area contributed by atoms with E-state index in [2.05, 4.69) is 21.2 Å². The van der Waals surface area contributed by atoms with Crippen LogP contribution in [0.3, 0.4) is 0 Å². The van der Waals surface area contributed by atoms with Crippen LogP contribution in [0.1, 0.15) is 6.92 Å². The Bertz CT molecular complexity index is 385. The van der Waals surface area contributed by atoms with Gasteiger partial charge < -0.3 is 5.11 Å². The van der Waals surface area contributed by atoms with Crippen LogP contribution >= 0.6 is 11.9 Å². The molecule has 0 fully saturated rings. The Kier molecular flexibility index (Phi) is 61.1. The molecular weight excluding hydrogens is 471 g/mol. The van der Waals surface area contributed by atoms with E-state index in [1.165, 1.54) is 6.92 Å². The fraction of sp³-hybridized carbons (Fsp3) is 0.667. The summed E-state index contributed by atoms with van der Waals surface area (Å²) in [6.07, 6.45) is -1.20. The van der Waals surface area contributed by atoms with Gasteiger partial charge in [-0.3, -0.25) is 23.1 Å². The summed E-state index contributed by atoms with van der Waals surface area (Å²) in [5.41, 5.74) is 0. The summed E-state index contributed by atoms with van der Waals surface area (Å²) in [5, 5.41) is 8.34. The van der Waals surface area contributed by atoms with Gasteiger partial charge in [-0.1, -0.05) is 4.44 Å². The summed E-state index contributed by atoms with van der Waals surface area (Å²) in [4.78, 5) is 13.7. The Morgan fingerprint density at radius 3 is 1.17 bits per heavy atom. The van der Waals surface area contributed by atoms with Crippen molar-refractivity contribution in [3.63, 3.8) is 0 Å². The van der Waals surface area contributed by atoms with Crippen molar-refractivity contribution in [3.8, 4) is 0 Å². The average molecular weight is 491 g/mol. The van der Waals surface area contributed by atoms with Crippen molar-refractivity contribution in [1.29, 1.82) is 0 Å². The van der Waals surface area contributed by atoms with Crippen LogP contribution in [0.25, 0.3) is 0 Å². The Morgan fingerprint density at radius 2 is 1.13 bits per heavy atom. The standard InChI is InChI=1S/C3H5ClO4.3Al.K.Na.2H2O4S.11H/c1-2(5)3(6)7-8-4;;;;;;2*1-5(2,3)4;;;;;;;;;;;/h2,5H,1H3;;;;;;2*(H2,1,2,3,4);;;;;;;;;;;. The SMILES string of the molecule is CC(O)C(=O)OOCl.O=S(=O)(O)O.O=S(=O)(O)O.[AlH3].[AlH3].[AlH3].[KH].[NaH]. The van der Waals surface area contributed by atoms with Crippen molar-refractivity contribution in [2.24, 2.45) is 0 Å². The van der Waals surface area contributed by atoms with E-state index in [-0.39, 0.29) is 133 Å². The van der Waals surface area contributed by atoms with Gasteiger partial charge in [-0.2, -0.15) is 16.8 Å². The fourth-order valence-corrected chi connectivity index (χ4v) is 0.163. The number of rotatable bonds is 2. The zero-order valence-electron chi connectivity index (χ0n) is 8.37. The van der Waals surface area contributed by atoms with Crippen LogP contribution in [0.5, 0.6) is 0 Å². The molecule has 134 valence electrons. The molecule has 12 nitrogen and oxygen atoms in total. The minimum atomic E-state index is -4.67. The topological polar surface area (TPSA) is 205 Å². The van der Waals surface area contributed by atoms with Gasteiger partial charge in [0.2, 0.25) is 0 Å². The molecule has 0 radical (unpaired) electrons. The molecule has 0 amide bonds. The van der Waals surface area contributed by atoms with Gasteiger partial charge in [-0.15, -0.1) is 0 Å². The number of hydrogen-bond acceptors (Lipinski definition) is 8. The first kappa shape index (κ1) is 50.4. The Balaban J connectivity index is -0.0000000228. The summed E-state index contributed by atoms with van der Waals surface area (Å²) < 4.78 is 66.6. The molecule has 0 spiro atoms. The second kappa shape index (κ2) is 27.9. The van der Waals surface area contributed by atoms with Crippen LogP contribution in [0, 0.1) is 0 Å². The Hall–Kier alpha value is 3.65. The number of aliphatic hydroxyl groups excluding tert-OH is 1. The quantitative estimate of drug-likeness (QED) is 0.106. The second-order valence-corrected chi connectivity index (χ2v) is 3.95. The van der Waals surface area contributed by atoms with Gasteiger partial charge in [0.1, 0.15) is 11.9 Å². The molecule has 0 aromatic rings. The van der Waals surface area contributed by atoms with Gasteiger partial charge in [-0.25, -0.2) is 4.79 Å². The van der Waals surface area contributed by atoms with Crippen molar-refractivity contribution >= 4 is 172 Å². The number of carbonyl (C=O) groups is 1. The van der Waals surface area contributed by atoms with Crippen LogP contribution in [0.4, 0.5) is 0 Å². The van der Waals surface area contributed by atoms with E-state index < -0.39 is 32.9 Å². The third-order valence-corrected chi connectivity index (χ3v) is 0.518. The zero-order chi connectivity index (χ0) is 15.6. The summed E-state index contributed by atoms with van der Waals surface area (Å²) in [7, 11) is -9.33.